The second-order valence-electron chi connectivity index (χ2n) is 5.87. The molecule has 0 unspecified atom stereocenters. The van der Waals surface area contributed by atoms with E-state index in [0.717, 1.165) is 0 Å². The van der Waals surface area contributed by atoms with Gasteiger partial charge >= 0.3 is 12.1 Å². The summed E-state index contributed by atoms with van der Waals surface area (Å²) in [7, 11) is 0. The van der Waals surface area contributed by atoms with Gasteiger partial charge in [-0.15, -0.1) is 0 Å². The van der Waals surface area contributed by atoms with Gasteiger partial charge in [-0.3, -0.25) is 4.79 Å². The van der Waals surface area contributed by atoms with Crippen molar-refractivity contribution in [2.75, 3.05) is 13.1 Å². The molecule has 0 aromatic heterocycles. The Labute approximate surface area is 113 Å². The number of rotatable bonds is 2. The summed E-state index contributed by atoms with van der Waals surface area (Å²) in [5.41, 5.74) is -1.42. The van der Waals surface area contributed by atoms with Crippen molar-refractivity contribution in [1.82, 2.24) is 4.90 Å². The van der Waals surface area contributed by atoms with E-state index in [9.17, 15) is 9.59 Å². The number of hydrogen-bond donors (Lipinski definition) is 1. The van der Waals surface area contributed by atoms with Crippen LogP contribution in [-0.2, 0) is 9.53 Å². The Kier molecular flexibility index (Phi) is 4.40. The first-order valence-electron chi connectivity index (χ1n) is 6.26. The molecule has 0 bridgehead atoms. The highest BCUT2D eigenvalue weighted by Crippen LogP contribution is 2.30. The highest BCUT2D eigenvalue weighted by molar-refractivity contribution is 5.70. The molecule has 1 N–H and O–H groups in total. The van der Waals surface area contributed by atoms with Crippen LogP contribution in [0.4, 0.5) is 4.79 Å². The Morgan fingerprint density at radius 3 is 2.26 bits per heavy atom. The maximum absolute atomic E-state index is 11.8. The number of nitrogens with zero attached hydrogens (tertiary/aromatic N) is 2. The highest BCUT2D eigenvalue weighted by atomic mass is 16.6. The first kappa shape index (κ1) is 15.3. The molecule has 0 spiro atoms. The van der Waals surface area contributed by atoms with Crippen LogP contribution < -0.4 is 0 Å². The van der Waals surface area contributed by atoms with Crippen molar-refractivity contribution in [3.63, 3.8) is 0 Å². The van der Waals surface area contributed by atoms with E-state index in [-0.39, 0.29) is 6.42 Å². The minimum atomic E-state index is -0.971. The molecule has 6 heteroatoms. The smallest absolute Gasteiger partial charge is 0.410 e. The van der Waals surface area contributed by atoms with Crippen molar-refractivity contribution >= 4 is 12.1 Å². The van der Waals surface area contributed by atoms with E-state index < -0.39 is 23.2 Å². The van der Waals surface area contributed by atoms with E-state index in [0.29, 0.717) is 25.9 Å². The van der Waals surface area contributed by atoms with Crippen LogP contribution in [0.2, 0.25) is 0 Å². The summed E-state index contributed by atoms with van der Waals surface area (Å²) in [6.45, 7) is 13.3. The summed E-state index contributed by atoms with van der Waals surface area (Å²) < 4.78 is 5.25. The first-order chi connectivity index (χ1) is 8.67. The van der Waals surface area contributed by atoms with Gasteiger partial charge in [-0.1, -0.05) is 0 Å². The average molecular weight is 268 g/mol. The lowest BCUT2D eigenvalue weighted by Crippen LogP contribution is -2.47. The predicted molar refractivity (Wildman–Crippen MR) is 68.6 cm³/mol. The summed E-state index contributed by atoms with van der Waals surface area (Å²) in [6, 6.07) is 0. The zero-order chi connectivity index (χ0) is 14.7. The number of aliphatic carboxylic acids is 1. The molecule has 0 atom stereocenters. The summed E-state index contributed by atoms with van der Waals surface area (Å²) in [5, 5.41) is 8.84. The maximum Gasteiger partial charge on any atom is 0.410 e. The lowest BCUT2D eigenvalue weighted by molar-refractivity contribution is -0.138. The molecule has 6 nitrogen and oxygen atoms in total. The molecule has 1 aliphatic rings. The number of carboxylic acid groups (broad SMARTS) is 1. The molecular weight excluding hydrogens is 248 g/mol. The third-order valence-electron chi connectivity index (χ3n) is 3.06. The largest absolute Gasteiger partial charge is 0.481 e. The molecule has 1 saturated heterocycles. The number of carboxylic acids is 1. The van der Waals surface area contributed by atoms with E-state index in [1.165, 1.54) is 4.90 Å². The van der Waals surface area contributed by atoms with Crippen molar-refractivity contribution in [1.29, 1.82) is 0 Å². The van der Waals surface area contributed by atoms with Crippen LogP contribution in [0.5, 0.6) is 0 Å². The third-order valence-corrected chi connectivity index (χ3v) is 3.06. The molecule has 1 fully saturated rings. The predicted octanol–water partition coefficient (Wildman–Crippen LogP) is 2.15. The fourth-order valence-corrected chi connectivity index (χ4v) is 2.04. The number of ether oxygens (including phenoxy) is 1. The Bertz CT molecular complexity index is 398. The van der Waals surface area contributed by atoms with Gasteiger partial charge in [0.2, 0.25) is 5.54 Å². The van der Waals surface area contributed by atoms with E-state index in [2.05, 4.69) is 4.85 Å². The Balaban J connectivity index is 2.59. The topological polar surface area (TPSA) is 71.2 Å². The molecule has 0 aromatic rings. The molecule has 1 aliphatic heterocycles. The van der Waals surface area contributed by atoms with Crippen molar-refractivity contribution in [3.8, 4) is 0 Å². The second-order valence-corrected chi connectivity index (χ2v) is 5.87. The zero-order valence-electron chi connectivity index (χ0n) is 11.6. The van der Waals surface area contributed by atoms with E-state index in [4.69, 9.17) is 16.4 Å². The molecule has 19 heavy (non-hydrogen) atoms. The number of carbonyl (C=O) groups excluding carboxylic acids is 1. The fraction of sp³-hybridized carbons (Fsp3) is 0.769. The van der Waals surface area contributed by atoms with Crippen molar-refractivity contribution < 1.29 is 19.4 Å². The van der Waals surface area contributed by atoms with E-state index >= 15 is 0 Å². The normalized spacial score (nSPS) is 18.5. The number of carbonyl (C=O) groups is 2. The van der Waals surface area contributed by atoms with Gasteiger partial charge < -0.3 is 19.6 Å². The van der Waals surface area contributed by atoms with Crippen LogP contribution in [0, 0.1) is 6.57 Å². The van der Waals surface area contributed by atoms with Crippen LogP contribution in [0.3, 0.4) is 0 Å². The number of amides is 1. The van der Waals surface area contributed by atoms with Gasteiger partial charge in [0.05, 0.1) is 0 Å². The quantitative estimate of drug-likeness (QED) is 0.779. The summed E-state index contributed by atoms with van der Waals surface area (Å²) in [5.74, 6) is -0.971. The van der Waals surface area contributed by atoms with Crippen molar-refractivity contribution in [2.24, 2.45) is 0 Å². The first-order valence-corrected chi connectivity index (χ1v) is 6.26. The van der Waals surface area contributed by atoms with Gasteiger partial charge in [0.15, 0.2) is 0 Å². The zero-order valence-corrected chi connectivity index (χ0v) is 11.6. The molecule has 1 amide bonds. The molecule has 0 aliphatic carbocycles. The van der Waals surface area contributed by atoms with E-state index in [1.54, 1.807) is 20.8 Å². The molecule has 0 radical (unpaired) electrons. The van der Waals surface area contributed by atoms with E-state index in [1.807, 2.05) is 0 Å². The Hall–Kier alpha value is -1.77. The van der Waals surface area contributed by atoms with Gasteiger partial charge in [0.25, 0.3) is 0 Å². The molecule has 1 rings (SSSR count). The lowest BCUT2D eigenvalue weighted by atomic mass is 9.85. The Morgan fingerprint density at radius 1 is 1.37 bits per heavy atom. The summed E-state index contributed by atoms with van der Waals surface area (Å²) >= 11 is 0. The van der Waals surface area contributed by atoms with Crippen molar-refractivity contribution in [3.05, 3.63) is 11.4 Å². The second kappa shape index (κ2) is 5.47. The number of piperidine rings is 1. The van der Waals surface area contributed by atoms with Crippen LogP contribution >= 0.6 is 0 Å². The molecule has 0 saturated carbocycles. The van der Waals surface area contributed by atoms with Crippen molar-refractivity contribution in [2.45, 2.75) is 51.2 Å². The average Bonchev–Trinajstić information content (AvgIpc) is 2.26. The minimum Gasteiger partial charge on any atom is -0.481 e. The molecule has 106 valence electrons. The Morgan fingerprint density at radius 2 is 1.89 bits per heavy atom. The van der Waals surface area contributed by atoms with Crippen LogP contribution in [0.1, 0.15) is 40.0 Å². The third kappa shape index (κ3) is 4.43. The van der Waals surface area contributed by atoms with Gasteiger partial charge in [-0.25, -0.2) is 11.4 Å². The minimum absolute atomic E-state index is 0.168. The summed E-state index contributed by atoms with van der Waals surface area (Å²) in [4.78, 5) is 27.6. The van der Waals surface area contributed by atoms with Gasteiger partial charge in [0, 0.05) is 25.9 Å². The number of hydrogen-bond acceptors (Lipinski definition) is 3. The number of likely N-dealkylation sites (tertiary alicyclic amines) is 1. The lowest BCUT2D eigenvalue weighted by Gasteiger charge is -2.34. The van der Waals surface area contributed by atoms with Gasteiger partial charge in [-0.05, 0) is 20.8 Å². The maximum atomic E-state index is 11.8. The molecular formula is C13H20N2O4. The summed E-state index contributed by atoms with van der Waals surface area (Å²) in [6.07, 6.45) is 0.185. The van der Waals surface area contributed by atoms with Gasteiger partial charge in [0.1, 0.15) is 12.0 Å². The van der Waals surface area contributed by atoms with Crippen LogP contribution in [0.15, 0.2) is 0 Å². The monoisotopic (exact) mass is 268 g/mol. The SMILES string of the molecule is [C-]#[N+]C1(CC(=O)O)CCN(C(=O)OC(C)(C)C)CC1. The fourth-order valence-electron chi connectivity index (χ4n) is 2.04. The molecule has 1 heterocycles. The highest BCUT2D eigenvalue weighted by Gasteiger charge is 2.44. The van der Waals surface area contributed by atoms with Crippen LogP contribution in [-0.4, -0.2) is 46.3 Å². The standard InChI is InChI=1S/C13H20N2O4/c1-12(2,3)19-11(18)15-7-5-13(14-4,6-8-15)9-10(16)17/h5-9H2,1-3H3,(H,16,17). The molecule has 0 aromatic carbocycles. The van der Waals surface area contributed by atoms with Gasteiger partial charge in [-0.2, -0.15) is 0 Å². The van der Waals surface area contributed by atoms with Crippen LogP contribution in [0.25, 0.3) is 4.85 Å².